The number of benzene rings is 1. The Bertz CT molecular complexity index is 839. The summed E-state index contributed by atoms with van der Waals surface area (Å²) in [5, 5.41) is 0. The smallest absolute Gasteiger partial charge is 0.355 e. The van der Waals surface area contributed by atoms with Crippen LogP contribution in [0.4, 0.5) is 5.69 Å². The van der Waals surface area contributed by atoms with Gasteiger partial charge in [-0.1, -0.05) is 18.2 Å². The number of hydrogen-bond acceptors (Lipinski definition) is 4. The van der Waals surface area contributed by atoms with Crippen LogP contribution in [0.2, 0.25) is 0 Å². The predicted molar refractivity (Wildman–Crippen MR) is 92.8 cm³/mol. The number of hydrogen-bond donors (Lipinski definition) is 1. The molecule has 0 saturated carbocycles. The van der Waals surface area contributed by atoms with Crippen molar-refractivity contribution < 1.29 is 19.1 Å². The van der Waals surface area contributed by atoms with E-state index in [-0.39, 0.29) is 23.4 Å². The monoisotopic (exact) mass is 340 g/mol. The molecule has 1 aromatic heterocycles. The molecule has 2 heterocycles. The highest BCUT2D eigenvalue weighted by Crippen LogP contribution is 2.32. The van der Waals surface area contributed by atoms with E-state index in [9.17, 15) is 14.4 Å². The summed E-state index contributed by atoms with van der Waals surface area (Å²) in [4.78, 5) is 40.7. The first-order valence-electron chi connectivity index (χ1n) is 8.19. The summed E-state index contributed by atoms with van der Waals surface area (Å²) in [6, 6.07) is 9.17. The Hall–Kier alpha value is -2.89. The van der Waals surface area contributed by atoms with Crippen LogP contribution >= 0.6 is 0 Å². The molecule has 1 amide bonds. The number of esters is 1. The normalized spacial score (nSPS) is 17.1. The third kappa shape index (κ3) is 3.20. The number of carbonyl (C=O) groups is 3. The second kappa shape index (κ2) is 6.55. The van der Waals surface area contributed by atoms with Crippen LogP contribution < -0.4 is 4.90 Å². The molecule has 2 aromatic rings. The maximum absolute atomic E-state index is 12.8. The highest BCUT2D eigenvalue weighted by Gasteiger charge is 2.34. The van der Waals surface area contributed by atoms with Crippen molar-refractivity contribution in [2.24, 2.45) is 0 Å². The van der Waals surface area contributed by atoms with E-state index in [1.165, 1.54) is 19.2 Å². The number of anilines is 1. The average Bonchev–Trinajstić information content (AvgIpc) is 3.18. The molecule has 0 saturated heterocycles. The van der Waals surface area contributed by atoms with E-state index in [1.807, 2.05) is 31.2 Å². The Balaban J connectivity index is 1.72. The summed E-state index contributed by atoms with van der Waals surface area (Å²) >= 11 is 0. The zero-order chi connectivity index (χ0) is 18.1. The molecule has 0 spiro atoms. The minimum Gasteiger partial charge on any atom is -0.448 e. The summed E-state index contributed by atoms with van der Waals surface area (Å²) in [7, 11) is 0. The zero-order valence-electron chi connectivity index (χ0n) is 14.4. The van der Waals surface area contributed by atoms with Crippen molar-refractivity contribution in [1.82, 2.24) is 4.98 Å². The summed E-state index contributed by atoms with van der Waals surface area (Å²) in [5.41, 5.74) is 2.52. The van der Waals surface area contributed by atoms with Crippen molar-refractivity contribution in [3.8, 4) is 0 Å². The number of para-hydroxylation sites is 1. The lowest BCUT2D eigenvalue weighted by Crippen LogP contribution is -2.43. The average molecular weight is 340 g/mol. The lowest BCUT2D eigenvalue weighted by Gasteiger charge is -2.25. The van der Waals surface area contributed by atoms with Gasteiger partial charge in [-0.3, -0.25) is 9.59 Å². The number of nitrogens with one attached hydrogen (secondary N) is 1. The molecule has 2 atom stereocenters. The molecule has 1 aromatic carbocycles. The highest BCUT2D eigenvalue weighted by molar-refractivity contribution is 6.01. The van der Waals surface area contributed by atoms with Crippen LogP contribution in [-0.4, -0.2) is 34.8 Å². The molecule has 6 nitrogen and oxygen atoms in total. The van der Waals surface area contributed by atoms with Crippen LogP contribution in [0, 0.1) is 0 Å². The lowest BCUT2D eigenvalue weighted by molar-refractivity contribution is -0.126. The third-order valence-corrected chi connectivity index (χ3v) is 4.39. The van der Waals surface area contributed by atoms with Gasteiger partial charge < -0.3 is 14.6 Å². The van der Waals surface area contributed by atoms with Gasteiger partial charge in [0.15, 0.2) is 11.9 Å². The van der Waals surface area contributed by atoms with Crippen LogP contribution in [0.15, 0.2) is 36.5 Å². The molecule has 130 valence electrons. The van der Waals surface area contributed by atoms with E-state index in [0.29, 0.717) is 5.56 Å². The molecule has 0 aliphatic carbocycles. The van der Waals surface area contributed by atoms with Crippen molar-refractivity contribution in [3.63, 3.8) is 0 Å². The molecule has 0 fully saturated rings. The molecule has 0 unspecified atom stereocenters. The number of ether oxygens (including phenoxy) is 1. The first kappa shape index (κ1) is 17.0. The van der Waals surface area contributed by atoms with Gasteiger partial charge in [-0.15, -0.1) is 0 Å². The summed E-state index contributed by atoms with van der Waals surface area (Å²) in [6.45, 7) is 4.94. The van der Waals surface area contributed by atoms with Gasteiger partial charge in [-0.2, -0.15) is 0 Å². The fourth-order valence-corrected chi connectivity index (χ4v) is 3.09. The fourth-order valence-electron chi connectivity index (χ4n) is 3.09. The maximum Gasteiger partial charge on any atom is 0.355 e. The molecule has 1 N–H and O–H groups in total. The van der Waals surface area contributed by atoms with Gasteiger partial charge in [0.25, 0.3) is 5.91 Å². The number of carbonyl (C=O) groups excluding carboxylic acids is 3. The number of Topliss-reactive ketones (excluding diaryl/α,β-unsaturated/α-hetero) is 1. The van der Waals surface area contributed by atoms with Gasteiger partial charge in [0.05, 0.1) is 0 Å². The van der Waals surface area contributed by atoms with E-state index < -0.39 is 12.1 Å². The molecule has 6 heteroatoms. The van der Waals surface area contributed by atoms with Crippen LogP contribution in [0.25, 0.3) is 0 Å². The number of H-pyrrole nitrogens is 1. The number of aromatic nitrogens is 1. The Labute approximate surface area is 145 Å². The van der Waals surface area contributed by atoms with Gasteiger partial charge in [-0.05, 0) is 44.9 Å². The van der Waals surface area contributed by atoms with Crippen molar-refractivity contribution in [2.75, 3.05) is 4.90 Å². The number of rotatable bonds is 4. The Morgan fingerprint density at radius 2 is 2.00 bits per heavy atom. The van der Waals surface area contributed by atoms with Gasteiger partial charge >= 0.3 is 5.97 Å². The van der Waals surface area contributed by atoms with Crippen molar-refractivity contribution >= 4 is 23.3 Å². The fraction of sp³-hybridized carbons (Fsp3) is 0.316. The molecule has 3 rings (SSSR count). The van der Waals surface area contributed by atoms with Crippen LogP contribution in [-0.2, 0) is 16.0 Å². The second-order valence-corrected chi connectivity index (χ2v) is 6.30. The Kier molecular flexibility index (Phi) is 4.44. The predicted octanol–water partition coefficient (Wildman–Crippen LogP) is 2.74. The Morgan fingerprint density at radius 1 is 1.28 bits per heavy atom. The summed E-state index contributed by atoms with van der Waals surface area (Å²) in [5.74, 6) is -1.07. The third-order valence-electron chi connectivity index (χ3n) is 4.39. The van der Waals surface area contributed by atoms with Gasteiger partial charge in [0, 0.05) is 23.5 Å². The van der Waals surface area contributed by atoms with Gasteiger partial charge in [0.1, 0.15) is 5.69 Å². The lowest BCUT2D eigenvalue weighted by atomic mass is 10.1. The maximum atomic E-state index is 12.8. The minimum atomic E-state index is -0.926. The number of fused-ring (bicyclic) bond motifs is 1. The Morgan fingerprint density at radius 3 is 2.68 bits per heavy atom. The van der Waals surface area contributed by atoms with Crippen LogP contribution in [0.3, 0.4) is 0 Å². The van der Waals surface area contributed by atoms with E-state index >= 15 is 0 Å². The van der Waals surface area contributed by atoms with Crippen LogP contribution in [0.5, 0.6) is 0 Å². The van der Waals surface area contributed by atoms with E-state index in [2.05, 4.69) is 4.98 Å². The molecular weight excluding hydrogens is 320 g/mol. The summed E-state index contributed by atoms with van der Waals surface area (Å²) < 4.78 is 5.29. The number of amides is 1. The number of ketones is 1. The summed E-state index contributed by atoms with van der Waals surface area (Å²) in [6.07, 6.45) is 1.30. The quantitative estimate of drug-likeness (QED) is 0.685. The largest absolute Gasteiger partial charge is 0.448 e. The molecule has 0 radical (unpaired) electrons. The van der Waals surface area contributed by atoms with E-state index in [4.69, 9.17) is 4.74 Å². The van der Waals surface area contributed by atoms with Gasteiger partial charge in [0.2, 0.25) is 0 Å². The van der Waals surface area contributed by atoms with E-state index in [0.717, 1.165) is 17.7 Å². The molecule has 1 aliphatic rings. The molecule has 0 bridgehead atoms. The molecular formula is C19H20N2O4. The van der Waals surface area contributed by atoms with Crippen LogP contribution in [0.1, 0.15) is 47.2 Å². The second-order valence-electron chi connectivity index (χ2n) is 6.30. The zero-order valence-corrected chi connectivity index (χ0v) is 14.4. The number of aromatic amines is 1. The number of nitrogens with zero attached hydrogens (tertiary/aromatic N) is 1. The molecule has 1 aliphatic heterocycles. The van der Waals surface area contributed by atoms with Gasteiger partial charge in [-0.25, -0.2) is 4.79 Å². The van der Waals surface area contributed by atoms with Crippen molar-refractivity contribution in [2.45, 2.75) is 39.3 Å². The van der Waals surface area contributed by atoms with E-state index in [1.54, 1.807) is 11.8 Å². The SMILES string of the molecule is CC(=O)c1c[nH]c(C(=O)O[C@@H](C)C(=O)N2c3ccccc3C[C@@H]2C)c1. The topological polar surface area (TPSA) is 79.5 Å². The van der Waals surface area contributed by atoms with Crippen molar-refractivity contribution in [1.29, 1.82) is 0 Å². The first-order chi connectivity index (χ1) is 11.9. The highest BCUT2D eigenvalue weighted by atomic mass is 16.5. The minimum absolute atomic E-state index is 0.0147. The first-order valence-corrected chi connectivity index (χ1v) is 8.19. The van der Waals surface area contributed by atoms with Crippen molar-refractivity contribution in [3.05, 3.63) is 53.3 Å². The molecule has 25 heavy (non-hydrogen) atoms. The standard InChI is InChI=1S/C19H20N2O4/c1-11-8-14-6-4-5-7-17(14)21(11)18(23)13(3)25-19(24)16-9-15(10-20-16)12(2)22/h4-7,9-11,13,20H,8H2,1-3H3/t11-,13-/m0/s1.